The van der Waals surface area contributed by atoms with Crippen molar-refractivity contribution in [3.8, 4) is 17.3 Å². The van der Waals surface area contributed by atoms with Crippen molar-refractivity contribution in [2.24, 2.45) is 5.14 Å². The van der Waals surface area contributed by atoms with Crippen LogP contribution in [-0.4, -0.2) is 50.0 Å². The Balaban J connectivity index is 1.39. The maximum atomic E-state index is 14.7. The summed E-state index contributed by atoms with van der Waals surface area (Å²) in [6, 6.07) is 1.15. The largest absolute Gasteiger partial charge is 0.473 e. The standard InChI is InChI=1S/C21H22F2N8O4S/c1-9(2)17-26-20(35-30-17)10-3-5-11(6-4-10)34-21-16-19(29-31-28-16)25-18(27-21)12-7-14(23)15(8-13(12)22)36(24,32)33/h7-11H,3-6H2,1-2H3,(H2,24,32,33)(H,25,27,28,29,31). The monoisotopic (exact) mass is 520 g/mol. The molecule has 0 bridgehead atoms. The molecule has 15 heteroatoms. The summed E-state index contributed by atoms with van der Waals surface area (Å²) in [7, 11) is -4.46. The zero-order chi connectivity index (χ0) is 25.6. The molecular formula is C21H22F2N8O4S. The number of nitrogens with one attached hydrogen (secondary N) is 1. The first-order valence-corrected chi connectivity index (χ1v) is 12.8. The molecule has 1 saturated carbocycles. The highest BCUT2D eigenvalue weighted by Gasteiger charge is 2.29. The van der Waals surface area contributed by atoms with Crippen molar-refractivity contribution in [2.75, 3.05) is 0 Å². The minimum Gasteiger partial charge on any atom is -0.473 e. The average molecular weight is 521 g/mol. The molecule has 1 fully saturated rings. The highest BCUT2D eigenvalue weighted by atomic mass is 32.2. The smallest absolute Gasteiger partial charge is 0.248 e. The Morgan fingerprint density at radius 2 is 1.83 bits per heavy atom. The molecule has 12 nitrogen and oxygen atoms in total. The minimum atomic E-state index is -4.46. The Morgan fingerprint density at radius 3 is 2.50 bits per heavy atom. The Morgan fingerprint density at radius 1 is 1.08 bits per heavy atom. The normalized spacial score (nSPS) is 18.7. The Bertz CT molecular complexity index is 1530. The lowest BCUT2D eigenvalue weighted by Crippen LogP contribution is -2.24. The number of nitrogens with zero attached hydrogens (tertiary/aromatic N) is 6. The Hall–Kier alpha value is -3.59. The molecule has 0 saturated heterocycles. The zero-order valence-electron chi connectivity index (χ0n) is 19.3. The SMILES string of the molecule is CC(C)c1noc(C2CCC(Oc3nc(-c4cc(F)c(S(N)(=O)=O)cc4F)nc4n[nH]nc34)CC2)n1. The van der Waals surface area contributed by atoms with Gasteiger partial charge in [-0.25, -0.2) is 27.3 Å². The van der Waals surface area contributed by atoms with Crippen molar-refractivity contribution >= 4 is 21.2 Å². The highest BCUT2D eigenvalue weighted by molar-refractivity contribution is 7.89. The predicted molar refractivity (Wildman–Crippen MR) is 120 cm³/mol. The summed E-state index contributed by atoms with van der Waals surface area (Å²) in [4.78, 5) is 11.9. The van der Waals surface area contributed by atoms with E-state index >= 15 is 0 Å². The van der Waals surface area contributed by atoms with Crippen molar-refractivity contribution in [2.45, 2.75) is 62.4 Å². The maximum absolute atomic E-state index is 14.7. The van der Waals surface area contributed by atoms with Crippen LogP contribution in [0.3, 0.4) is 0 Å². The van der Waals surface area contributed by atoms with Gasteiger partial charge in [0, 0.05) is 11.8 Å². The van der Waals surface area contributed by atoms with Crippen molar-refractivity contribution < 1.29 is 26.5 Å². The molecule has 3 N–H and O–H groups in total. The summed E-state index contributed by atoms with van der Waals surface area (Å²) in [5.74, 6) is -0.936. The van der Waals surface area contributed by atoms with Crippen molar-refractivity contribution in [1.29, 1.82) is 0 Å². The first kappa shape index (κ1) is 24.1. The number of halogens is 2. The fourth-order valence-corrected chi connectivity index (χ4v) is 4.67. The topological polar surface area (TPSA) is 176 Å². The van der Waals surface area contributed by atoms with Crippen molar-refractivity contribution in [3.05, 3.63) is 35.5 Å². The maximum Gasteiger partial charge on any atom is 0.248 e. The molecule has 0 atom stereocenters. The third-order valence-corrected chi connectivity index (χ3v) is 6.92. The second kappa shape index (κ2) is 9.13. The molecule has 3 aromatic heterocycles. The van der Waals surface area contributed by atoms with Crippen LogP contribution in [0, 0.1) is 11.6 Å². The van der Waals surface area contributed by atoms with E-state index < -0.39 is 26.6 Å². The highest BCUT2D eigenvalue weighted by Crippen LogP contribution is 2.35. The van der Waals surface area contributed by atoms with Gasteiger partial charge in [0.15, 0.2) is 17.2 Å². The Labute approximate surface area is 203 Å². The van der Waals surface area contributed by atoms with Gasteiger partial charge in [-0.05, 0) is 37.8 Å². The number of H-pyrrole nitrogens is 1. The van der Waals surface area contributed by atoms with Gasteiger partial charge in [0.05, 0.1) is 5.56 Å². The van der Waals surface area contributed by atoms with E-state index in [1.807, 2.05) is 13.8 Å². The summed E-state index contributed by atoms with van der Waals surface area (Å²) < 4.78 is 63.7. The van der Waals surface area contributed by atoms with Gasteiger partial charge in [0.2, 0.25) is 27.4 Å². The lowest BCUT2D eigenvalue weighted by atomic mass is 9.87. The van der Waals surface area contributed by atoms with Crippen LogP contribution in [0.1, 0.15) is 63.1 Å². The third kappa shape index (κ3) is 4.63. The van der Waals surface area contributed by atoms with Gasteiger partial charge in [-0.2, -0.15) is 15.2 Å². The molecular weight excluding hydrogens is 498 g/mol. The van der Waals surface area contributed by atoms with E-state index in [0.717, 1.165) is 12.8 Å². The lowest BCUT2D eigenvalue weighted by Gasteiger charge is -2.26. The number of hydrogen-bond donors (Lipinski definition) is 2. The molecule has 0 aliphatic heterocycles. The van der Waals surface area contributed by atoms with Gasteiger partial charge in [0.1, 0.15) is 22.6 Å². The fourth-order valence-electron chi connectivity index (χ4n) is 4.07. The quantitative estimate of drug-likeness (QED) is 0.384. The summed E-state index contributed by atoms with van der Waals surface area (Å²) in [5.41, 5.74) is -0.0804. The van der Waals surface area contributed by atoms with E-state index in [-0.39, 0.29) is 46.4 Å². The minimum absolute atomic E-state index is 0.0439. The summed E-state index contributed by atoms with van der Waals surface area (Å²) in [6.45, 7) is 3.99. The number of rotatable bonds is 6. The molecule has 1 aliphatic carbocycles. The van der Waals surface area contributed by atoms with Gasteiger partial charge >= 0.3 is 0 Å². The summed E-state index contributed by atoms with van der Waals surface area (Å²) in [5, 5.41) is 19.3. The summed E-state index contributed by atoms with van der Waals surface area (Å²) in [6.07, 6.45) is 2.59. The van der Waals surface area contributed by atoms with Crippen LogP contribution in [0.25, 0.3) is 22.6 Å². The van der Waals surface area contributed by atoms with Gasteiger partial charge in [0.25, 0.3) is 0 Å². The second-order valence-electron chi connectivity index (χ2n) is 8.89. The molecule has 0 radical (unpaired) electrons. The molecule has 0 spiro atoms. The number of primary sulfonamides is 1. The summed E-state index contributed by atoms with van der Waals surface area (Å²) >= 11 is 0. The van der Waals surface area contributed by atoms with Crippen molar-refractivity contribution in [3.63, 3.8) is 0 Å². The second-order valence-corrected chi connectivity index (χ2v) is 10.4. The van der Waals surface area contributed by atoms with E-state index in [4.69, 9.17) is 14.4 Å². The van der Waals surface area contributed by atoms with E-state index in [1.54, 1.807) is 0 Å². The van der Waals surface area contributed by atoms with Crippen LogP contribution < -0.4 is 9.88 Å². The van der Waals surface area contributed by atoms with Gasteiger partial charge in [-0.15, -0.1) is 10.2 Å². The van der Waals surface area contributed by atoms with E-state index in [2.05, 4.69) is 35.5 Å². The number of aromatic amines is 1. The third-order valence-electron chi connectivity index (χ3n) is 6.00. The van der Waals surface area contributed by atoms with Crippen LogP contribution in [0.2, 0.25) is 0 Å². The molecule has 190 valence electrons. The molecule has 0 amide bonds. The molecule has 1 aromatic carbocycles. The number of fused-ring (bicyclic) bond motifs is 1. The van der Waals surface area contributed by atoms with Gasteiger partial charge in [-0.3, -0.25) is 0 Å². The van der Waals surface area contributed by atoms with Crippen LogP contribution >= 0.6 is 0 Å². The lowest BCUT2D eigenvalue weighted by molar-refractivity contribution is 0.135. The van der Waals surface area contributed by atoms with Crippen LogP contribution in [0.5, 0.6) is 5.88 Å². The predicted octanol–water partition coefficient (Wildman–Crippen LogP) is 2.95. The average Bonchev–Trinajstić information content (AvgIpc) is 3.50. The first-order valence-electron chi connectivity index (χ1n) is 11.2. The molecule has 0 unspecified atom stereocenters. The fraction of sp³-hybridized carbons (Fsp3) is 0.429. The number of ether oxygens (including phenoxy) is 1. The van der Waals surface area contributed by atoms with Crippen LogP contribution in [0.15, 0.2) is 21.6 Å². The van der Waals surface area contributed by atoms with E-state index in [1.165, 1.54) is 0 Å². The van der Waals surface area contributed by atoms with Crippen molar-refractivity contribution in [1.82, 2.24) is 35.5 Å². The van der Waals surface area contributed by atoms with E-state index in [9.17, 15) is 17.2 Å². The molecule has 5 rings (SSSR count). The van der Waals surface area contributed by atoms with Gasteiger partial charge < -0.3 is 9.26 Å². The zero-order valence-corrected chi connectivity index (χ0v) is 20.1. The number of aromatic nitrogens is 7. The van der Waals surface area contributed by atoms with Gasteiger partial charge in [-0.1, -0.05) is 19.0 Å². The molecule has 3 heterocycles. The van der Waals surface area contributed by atoms with Crippen LogP contribution in [-0.2, 0) is 10.0 Å². The molecule has 1 aliphatic rings. The first-order chi connectivity index (χ1) is 17.1. The Kier molecular flexibility index (Phi) is 6.12. The number of benzene rings is 1. The van der Waals surface area contributed by atoms with E-state index in [0.29, 0.717) is 36.7 Å². The number of nitrogens with two attached hydrogens (primary N) is 1. The molecule has 36 heavy (non-hydrogen) atoms. The molecule has 4 aromatic rings. The van der Waals surface area contributed by atoms with Crippen LogP contribution in [0.4, 0.5) is 8.78 Å². The number of sulfonamides is 1. The number of hydrogen-bond acceptors (Lipinski definition) is 10.